The maximum Gasteiger partial charge on any atom is 0.490 e. The summed E-state index contributed by atoms with van der Waals surface area (Å²) in [5, 5.41) is 13.5. The Morgan fingerprint density at radius 1 is 1.03 bits per heavy atom. The Hall–Kier alpha value is -3.85. The fraction of sp³-hybridized carbons (Fsp3) is 0.200. The molecule has 9 heteroatoms. The van der Waals surface area contributed by atoms with Gasteiger partial charge in [0.1, 0.15) is 6.54 Å². The van der Waals surface area contributed by atoms with Crippen LogP contribution in [0.15, 0.2) is 66.9 Å². The van der Waals surface area contributed by atoms with Crippen molar-refractivity contribution in [3.8, 4) is 11.1 Å². The molecular formula is C25H24F3N3O3. The van der Waals surface area contributed by atoms with Gasteiger partial charge in [0.25, 0.3) is 0 Å². The van der Waals surface area contributed by atoms with E-state index < -0.39 is 12.1 Å². The summed E-state index contributed by atoms with van der Waals surface area (Å²) in [6.45, 7) is 0.892. The first-order chi connectivity index (χ1) is 16.2. The zero-order chi connectivity index (χ0) is 24.9. The number of benzene rings is 3. The van der Waals surface area contributed by atoms with E-state index in [1.165, 1.54) is 27.5 Å². The topological polar surface area (TPSA) is 97.4 Å². The lowest BCUT2D eigenvalue weighted by atomic mass is 9.96. The lowest BCUT2D eigenvalue weighted by Gasteiger charge is -2.09. The molecule has 1 aromatic heterocycles. The largest absolute Gasteiger partial charge is 0.490 e. The second-order valence-corrected chi connectivity index (χ2v) is 7.56. The number of amides is 1. The fourth-order valence-corrected chi connectivity index (χ4v) is 3.73. The van der Waals surface area contributed by atoms with Crippen molar-refractivity contribution in [1.82, 2.24) is 9.88 Å². The van der Waals surface area contributed by atoms with E-state index in [9.17, 15) is 18.0 Å². The average molecular weight is 471 g/mol. The molecule has 0 saturated carbocycles. The molecule has 1 heterocycles. The lowest BCUT2D eigenvalue weighted by molar-refractivity contribution is -0.192. The summed E-state index contributed by atoms with van der Waals surface area (Å²) in [5.41, 5.74) is 10.5. The normalized spacial score (nSPS) is 11.2. The number of nitrogens with two attached hydrogens (primary N) is 1. The van der Waals surface area contributed by atoms with Crippen molar-refractivity contribution >= 4 is 33.6 Å². The van der Waals surface area contributed by atoms with E-state index in [2.05, 4.69) is 72.2 Å². The maximum atomic E-state index is 11.9. The molecule has 6 nitrogen and oxygen atoms in total. The Kier molecular flexibility index (Phi) is 7.57. The number of halogens is 3. The number of hydrogen-bond acceptors (Lipinski definition) is 3. The van der Waals surface area contributed by atoms with Crippen LogP contribution in [0.1, 0.15) is 5.56 Å². The van der Waals surface area contributed by atoms with Gasteiger partial charge in [0.05, 0.1) is 0 Å². The molecule has 178 valence electrons. The minimum Gasteiger partial charge on any atom is -0.475 e. The Bertz CT molecular complexity index is 1320. The molecule has 3 aromatic carbocycles. The van der Waals surface area contributed by atoms with Gasteiger partial charge in [-0.15, -0.1) is 0 Å². The number of alkyl halides is 3. The van der Waals surface area contributed by atoms with E-state index in [-0.39, 0.29) is 5.91 Å². The fourth-order valence-electron chi connectivity index (χ4n) is 3.73. The van der Waals surface area contributed by atoms with Crippen LogP contribution in [-0.4, -0.2) is 41.3 Å². The third kappa shape index (κ3) is 5.55. The number of hydrogen-bond donors (Lipinski definition) is 3. The lowest BCUT2D eigenvalue weighted by Crippen LogP contribution is -2.23. The van der Waals surface area contributed by atoms with Crippen LogP contribution in [-0.2, 0) is 22.6 Å². The van der Waals surface area contributed by atoms with Gasteiger partial charge in [-0.1, -0.05) is 48.5 Å². The molecule has 0 saturated heterocycles. The SMILES string of the molecule is CNC(=O)Cn1cc(CCN)c2cc(-c3cccc4ccccc34)ccc21.O=C(O)C(F)(F)F. The van der Waals surface area contributed by atoms with Crippen molar-refractivity contribution in [2.75, 3.05) is 13.6 Å². The van der Waals surface area contributed by atoms with E-state index in [1.54, 1.807) is 7.05 Å². The van der Waals surface area contributed by atoms with E-state index in [4.69, 9.17) is 15.6 Å². The first-order valence-corrected chi connectivity index (χ1v) is 10.5. The molecule has 4 rings (SSSR count). The number of aromatic nitrogens is 1. The Balaban J connectivity index is 0.000000406. The molecule has 4 N–H and O–H groups in total. The quantitative estimate of drug-likeness (QED) is 0.403. The zero-order valence-corrected chi connectivity index (χ0v) is 18.4. The highest BCUT2D eigenvalue weighted by atomic mass is 19.4. The Morgan fingerprint density at radius 2 is 1.71 bits per heavy atom. The number of carbonyl (C=O) groups excluding carboxylic acids is 1. The molecule has 0 bridgehead atoms. The van der Waals surface area contributed by atoms with Gasteiger partial charge in [-0.05, 0) is 52.6 Å². The Labute approximate surface area is 193 Å². The van der Waals surface area contributed by atoms with Gasteiger partial charge in [0, 0.05) is 24.1 Å². The monoisotopic (exact) mass is 471 g/mol. The number of carboxylic acid groups (broad SMARTS) is 1. The average Bonchev–Trinajstić information content (AvgIpc) is 3.15. The first kappa shape index (κ1) is 24.8. The summed E-state index contributed by atoms with van der Waals surface area (Å²) < 4.78 is 33.7. The Morgan fingerprint density at radius 3 is 2.35 bits per heavy atom. The second kappa shape index (κ2) is 10.4. The van der Waals surface area contributed by atoms with Crippen molar-refractivity contribution in [3.63, 3.8) is 0 Å². The standard InChI is InChI=1S/C23H23N3O.C2HF3O2/c1-25-23(27)15-26-14-18(11-12-24)21-13-17(9-10-22(21)26)20-8-4-6-16-5-2-3-7-19(16)20;3-2(4,5)1(6)7/h2-10,13-14H,11-12,15,24H2,1H3,(H,25,27);(H,6,7). The van der Waals surface area contributed by atoms with Gasteiger partial charge < -0.3 is 20.7 Å². The summed E-state index contributed by atoms with van der Waals surface area (Å²) >= 11 is 0. The van der Waals surface area contributed by atoms with E-state index >= 15 is 0 Å². The van der Waals surface area contributed by atoms with Crippen molar-refractivity contribution in [3.05, 3.63) is 72.4 Å². The summed E-state index contributed by atoms with van der Waals surface area (Å²) in [7, 11) is 1.66. The highest BCUT2D eigenvalue weighted by Crippen LogP contribution is 2.32. The highest BCUT2D eigenvalue weighted by molar-refractivity contribution is 5.99. The molecule has 1 amide bonds. The third-order valence-corrected chi connectivity index (χ3v) is 5.31. The van der Waals surface area contributed by atoms with Crippen molar-refractivity contribution < 1.29 is 27.9 Å². The molecule has 4 aromatic rings. The van der Waals surface area contributed by atoms with Crippen molar-refractivity contribution in [2.24, 2.45) is 5.73 Å². The molecule has 0 aliphatic heterocycles. The zero-order valence-electron chi connectivity index (χ0n) is 18.4. The first-order valence-electron chi connectivity index (χ1n) is 10.5. The molecule has 0 unspecified atom stereocenters. The summed E-state index contributed by atoms with van der Waals surface area (Å²) in [4.78, 5) is 20.8. The van der Waals surface area contributed by atoms with Crippen LogP contribution in [0.3, 0.4) is 0 Å². The number of carbonyl (C=O) groups is 2. The minimum atomic E-state index is -5.08. The van der Waals surface area contributed by atoms with E-state index in [0.29, 0.717) is 13.1 Å². The number of rotatable bonds is 5. The number of likely N-dealkylation sites (N-methyl/N-ethyl adjacent to an activating group) is 1. The molecule has 0 fully saturated rings. The van der Waals surface area contributed by atoms with Crippen LogP contribution in [0.4, 0.5) is 13.2 Å². The molecule has 0 spiro atoms. The van der Waals surface area contributed by atoms with Crippen LogP contribution < -0.4 is 11.1 Å². The molecular weight excluding hydrogens is 447 g/mol. The number of nitrogens with one attached hydrogen (secondary N) is 1. The molecule has 34 heavy (non-hydrogen) atoms. The van der Waals surface area contributed by atoms with Crippen LogP contribution in [0.2, 0.25) is 0 Å². The van der Waals surface area contributed by atoms with Gasteiger partial charge in [-0.2, -0.15) is 13.2 Å². The number of aliphatic carboxylic acids is 1. The van der Waals surface area contributed by atoms with Gasteiger partial charge in [0.15, 0.2) is 0 Å². The summed E-state index contributed by atoms with van der Waals surface area (Å²) in [5.74, 6) is -2.77. The predicted molar refractivity (Wildman–Crippen MR) is 125 cm³/mol. The van der Waals surface area contributed by atoms with Crippen LogP contribution in [0.25, 0.3) is 32.8 Å². The molecule has 0 aliphatic carbocycles. The van der Waals surface area contributed by atoms with Crippen molar-refractivity contribution in [2.45, 2.75) is 19.1 Å². The van der Waals surface area contributed by atoms with Crippen molar-refractivity contribution in [1.29, 1.82) is 0 Å². The smallest absolute Gasteiger partial charge is 0.475 e. The third-order valence-electron chi connectivity index (χ3n) is 5.31. The number of fused-ring (bicyclic) bond motifs is 2. The van der Waals surface area contributed by atoms with Gasteiger partial charge >= 0.3 is 12.1 Å². The predicted octanol–water partition coefficient (Wildman–Crippen LogP) is 4.34. The summed E-state index contributed by atoms with van der Waals surface area (Å²) in [6.07, 6.45) is -2.24. The molecule has 0 radical (unpaired) electrons. The van der Waals surface area contributed by atoms with Crippen LogP contribution in [0, 0.1) is 0 Å². The maximum absolute atomic E-state index is 11.9. The van der Waals surface area contributed by atoms with E-state index in [0.717, 1.165) is 17.3 Å². The van der Waals surface area contributed by atoms with E-state index in [1.807, 2.05) is 4.57 Å². The molecule has 0 atom stereocenters. The highest BCUT2D eigenvalue weighted by Gasteiger charge is 2.38. The number of nitrogens with zero attached hydrogens (tertiary/aromatic N) is 1. The second-order valence-electron chi connectivity index (χ2n) is 7.56. The van der Waals surface area contributed by atoms with Gasteiger partial charge in [-0.3, -0.25) is 4.79 Å². The minimum absolute atomic E-state index is 0.00988. The molecule has 0 aliphatic rings. The van der Waals surface area contributed by atoms with Gasteiger partial charge in [0.2, 0.25) is 5.91 Å². The van der Waals surface area contributed by atoms with Crippen LogP contribution in [0.5, 0.6) is 0 Å². The summed E-state index contributed by atoms with van der Waals surface area (Å²) in [6, 6.07) is 21.3. The van der Waals surface area contributed by atoms with Gasteiger partial charge in [-0.25, -0.2) is 4.79 Å². The number of carboxylic acids is 1. The van der Waals surface area contributed by atoms with Crippen LogP contribution >= 0.6 is 0 Å².